The minimum Gasteiger partial charge on any atom is -0.474 e. The molecule has 1 aromatic heterocycles. The smallest absolute Gasteiger partial charge is 0.224 e. The van der Waals surface area contributed by atoms with Crippen molar-refractivity contribution in [3.8, 4) is 5.88 Å². The number of fused-ring (bicyclic) bond motifs is 1. The summed E-state index contributed by atoms with van der Waals surface area (Å²) in [6.07, 6.45) is 0.128. The minimum atomic E-state index is 0.128. The molecule has 0 saturated heterocycles. The van der Waals surface area contributed by atoms with Gasteiger partial charge in [0, 0.05) is 0 Å². The number of ether oxygens (including phenoxy) is 1. The molecule has 0 fully saturated rings. The third-order valence-corrected chi connectivity index (χ3v) is 2.03. The van der Waals surface area contributed by atoms with Crippen LogP contribution in [0.1, 0.15) is 19.7 Å². The van der Waals surface area contributed by atoms with Crippen molar-refractivity contribution in [2.45, 2.75) is 26.9 Å². The largest absolute Gasteiger partial charge is 0.474 e. The summed E-state index contributed by atoms with van der Waals surface area (Å²) in [5.41, 5.74) is 0.931. The quantitative estimate of drug-likeness (QED) is 0.751. The van der Waals surface area contributed by atoms with E-state index in [9.17, 15) is 0 Å². The van der Waals surface area contributed by atoms with Crippen LogP contribution in [0.4, 0.5) is 0 Å². The number of hydrogen-bond acceptors (Lipinski definition) is 3. The maximum atomic E-state index is 5.66. The van der Waals surface area contributed by atoms with E-state index in [0.29, 0.717) is 5.88 Å². The SMILES string of the molecule is Cc1nc(OC(C)C)c2ccccc2n1. The molecule has 2 rings (SSSR count). The Bertz CT molecular complexity index is 480. The Morgan fingerprint density at radius 2 is 1.87 bits per heavy atom. The van der Waals surface area contributed by atoms with E-state index in [0.717, 1.165) is 16.7 Å². The van der Waals surface area contributed by atoms with E-state index in [1.165, 1.54) is 0 Å². The van der Waals surface area contributed by atoms with Crippen LogP contribution in [-0.2, 0) is 0 Å². The highest BCUT2D eigenvalue weighted by molar-refractivity contribution is 5.83. The van der Waals surface area contributed by atoms with Gasteiger partial charge in [0.15, 0.2) is 0 Å². The predicted octanol–water partition coefficient (Wildman–Crippen LogP) is 2.73. The van der Waals surface area contributed by atoms with Crippen LogP contribution in [0.2, 0.25) is 0 Å². The van der Waals surface area contributed by atoms with Gasteiger partial charge < -0.3 is 4.74 Å². The van der Waals surface area contributed by atoms with Gasteiger partial charge in [-0.1, -0.05) is 12.1 Å². The van der Waals surface area contributed by atoms with Crippen LogP contribution in [0.15, 0.2) is 24.3 Å². The topological polar surface area (TPSA) is 35.0 Å². The highest BCUT2D eigenvalue weighted by Crippen LogP contribution is 2.22. The van der Waals surface area contributed by atoms with Gasteiger partial charge in [-0.3, -0.25) is 0 Å². The van der Waals surface area contributed by atoms with E-state index in [2.05, 4.69) is 9.97 Å². The maximum Gasteiger partial charge on any atom is 0.224 e. The summed E-state index contributed by atoms with van der Waals surface area (Å²) >= 11 is 0. The fraction of sp³-hybridized carbons (Fsp3) is 0.333. The molecule has 15 heavy (non-hydrogen) atoms. The van der Waals surface area contributed by atoms with Crippen LogP contribution >= 0.6 is 0 Å². The fourth-order valence-electron chi connectivity index (χ4n) is 1.47. The summed E-state index contributed by atoms with van der Waals surface area (Å²) in [7, 11) is 0. The molecule has 2 aromatic rings. The van der Waals surface area contributed by atoms with Gasteiger partial charge in [0.25, 0.3) is 0 Å². The second kappa shape index (κ2) is 3.85. The lowest BCUT2D eigenvalue weighted by atomic mass is 10.2. The molecular formula is C12H14N2O. The molecule has 0 N–H and O–H groups in total. The Kier molecular flexibility index (Phi) is 2.54. The lowest BCUT2D eigenvalue weighted by Gasteiger charge is -2.11. The minimum absolute atomic E-state index is 0.128. The van der Waals surface area contributed by atoms with Crippen molar-refractivity contribution >= 4 is 10.9 Å². The second-order valence-corrected chi connectivity index (χ2v) is 3.76. The first-order valence-electron chi connectivity index (χ1n) is 5.07. The summed E-state index contributed by atoms with van der Waals surface area (Å²) in [4.78, 5) is 8.66. The van der Waals surface area contributed by atoms with Gasteiger partial charge in [0.2, 0.25) is 5.88 Å². The maximum absolute atomic E-state index is 5.66. The molecule has 78 valence electrons. The van der Waals surface area contributed by atoms with Crippen LogP contribution in [0, 0.1) is 6.92 Å². The molecule has 0 unspecified atom stereocenters. The third-order valence-electron chi connectivity index (χ3n) is 2.03. The van der Waals surface area contributed by atoms with Gasteiger partial charge in [-0.25, -0.2) is 4.98 Å². The van der Waals surface area contributed by atoms with Gasteiger partial charge in [-0.15, -0.1) is 0 Å². The standard InChI is InChI=1S/C12H14N2O/c1-8(2)15-12-10-6-4-5-7-11(10)13-9(3)14-12/h4-8H,1-3H3. The number of nitrogens with zero attached hydrogens (tertiary/aromatic N) is 2. The summed E-state index contributed by atoms with van der Waals surface area (Å²) in [5, 5.41) is 0.969. The molecule has 3 nitrogen and oxygen atoms in total. The number of aromatic nitrogens is 2. The zero-order chi connectivity index (χ0) is 10.8. The van der Waals surface area contributed by atoms with Crippen molar-refractivity contribution in [3.05, 3.63) is 30.1 Å². The monoisotopic (exact) mass is 202 g/mol. The van der Waals surface area contributed by atoms with Crippen molar-refractivity contribution < 1.29 is 4.74 Å². The molecule has 0 aliphatic carbocycles. The number of hydrogen-bond donors (Lipinski definition) is 0. The number of para-hydroxylation sites is 1. The highest BCUT2D eigenvalue weighted by Gasteiger charge is 2.07. The zero-order valence-electron chi connectivity index (χ0n) is 9.19. The van der Waals surface area contributed by atoms with Gasteiger partial charge in [-0.2, -0.15) is 4.98 Å². The first kappa shape index (κ1) is 9.90. The Morgan fingerprint density at radius 1 is 1.13 bits per heavy atom. The lowest BCUT2D eigenvalue weighted by Crippen LogP contribution is -2.08. The Balaban J connectivity index is 2.60. The van der Waals surface area contributed by atoms with Crippen LogP contribution in [0.25, 0.3) is 10.9 Å². The first-order valence-corrected chi connectivity index (χ1v) is 5.07. The number of benzene rings is 1. The summed E-state index contributed by atoms with van der Waals surface area (Å²) in [6, 6.07) is 7.88. The van der Waals surface area contributed by atoms with Crippen molar-refractivity contribution in [2.75, 3.05) is 0 Å². The normalized spacial score (nSPS) is 10.9. The molecule has 0 aliphatic rings. The van der Waals surface area contributed by atoms with Crippen molar-refractivity contribution in [3.63, 3.8) is 0 Å². The van der Waals surface area contributed by atoms with Crippen molar-refractivity contribution in [1.82, 2.24) is 9.97 Å². The molecule has 0 atom stereocenters. The third kappa shape index (κ3) is 2.06. The van der Waals surface area contributed by atoms with E-state index in [4.69, 9.17) is 4.74 Å². The Morgan fingerprint density at radius 3 is 2.60 bits per heavy atom. The fourth-order valence-corrected chi connectivity index (χ4v) is 1.47. The molecular weight excluding hydrogens is 188 g/mol. The van der Waals surface area contributed by atoms with Crippen LogP contribution in [0.5, 0.6) is 5.88 Å². The summed E-state index contributed by atoms with van der Waals surface area (Å²) in [5.74, 6) is 1.41. The predicted molar refractivity (Wildman–Crippen MR) is 60.0 cm³/mol. The summed E-state index contributed by atoms with van der Waals surface area (Å²) in [6.45, 7) is 5.86. The molecule has 0 spiro atoms. The summed E-state index contributed by atoms with van der Waals surface area (Å²) < 4.78 is 5.66. The molecule has 1 aromatic carbocycles. The van der Waals surface area contributed by atoms with Gasteiger partial charge in [0.1, 0.15) is 5.82 Å². The molecule has 0 saturated carbocycles. The van der Waals surface area contributed by atoms with E-state index >= 15 is 0 Å². The zero-order valence-corrected chi connectivity index (χ0v) is 9.19. The number of aryl methyl sites for hydroxylation is 1. The van der Waals surface area contributed by atoms with Crippen LogP contribution in [-0.4, -0.2) is 16.1 Å². The average molecular weight is 202 g/mol. The first-order chi connectivity index (χ1) is 7.16. The molecule has 0 bridgehead atoms. The van der Waals surface area contributed by atoms with E-state index < -0.39 is 0 Å². The molecule has 3 heteroatoms. The van der Waals surface area contributed by atoms with E-state index in [1.807, 2.05) is 45.0 Å². The average Bonchev–Trinajstić information content (AvgIpc) is 2.16. The van der Waals surface area contributed by atoms with Crippen LogP contribution < -0.4 is 4.74 Å². The number of rotatable bonds is 2. The van der Waals surface area contributed by atoms with E-state index in [1.54, 1.807) is 0 Å². The molecule has 0 amide bonds. The second-order valence-electron chi connectivity index (χ2n) is 3.76. The van der Waals surface area contributed by atoms with Gasteiger partial charge in [-0.05, 0) is 32.9 Å². The Labute approximate surface area is 89.1 Å². The molecule has 0 radical (unpaired) electrons. The van der Waals surface area contributed by atoms with Gasteiger partial charge >= 0.3 is 0 Å². The Hall–Kier alpha value is -1.64. The highest BCUT2D eigenvalue weighted by atomic mass is 16.5. The van der Waals surface area contributed by atoms with E-state index in [-0.39, 0.29) is 6.10 Å². The molecule has 1 heterocycles. The lowest BCUT2D eigenvalue weighted by molar-refractivity contribution is 0.235. The molecule has 0 aliphatic heterocycles. The van der Waals surface area contributed by atoms with Crippen LogP contribution in [0.3, 0.4) is 0 Å². The van der Waals surface area contributed by atoms with Crippen molar-refractivity contribution in [1.29, 1.82) is 0 Å². The van der Waals surface area contributed by atoms with Gasteiger partial charge in [0.05, 0.1) is 17.0 Å². The van der Waals surface area contributed by atoms with Crippen molar-refractivity contribution in [2.24, 2.45) is 0 Å².